The number of benzene rings is 1. The van der Waals surface area contributed by atoms with Gasteiger partial charge in [0, 0.05) is 28.7 Å². The Morgan fingerprint density at radius 1 is 1.53 bits per heavy atom. The van der Waals surface area contributed by atoms with Crippen LogP contribution in [0.15, 0.2) is 22.7 Å². The normalized spacial score (nSPS) is 16.5. The molecule has 1 aliphatic carbocycles. The van der Waals surface area contributed by atoms with Gasteiger partial charge in [-0.15, -0.1) is 0 Å². The monoisotopic (exact) mass is 324 g/mol. The summed E-state index contributed by atoms with van der Waals surface area (Å²) in [5, 5.41) is 3.01. The molecule has 4 heteroatoms. The van der Waals surface area contributed by atoms with Crippen molar-refractivity contribution in [3.8, 4) is 0 Å². The first-order chi connectivity index (χ1) is 8.99. The summed E-state index contributed by atoms with van der Waals surface area (Å²) in [5.41, 5.74) is 1.80. The number of halogens is 1. The van der Waals surface area contributed by atoms with Crippen molar-refractivity contribution in [1.82, 2.24) is 10.2 Å². The van der Waals surface area contributed by atoms with Gasteiger partial charge >= 0.3 is 0 Å². The van der Waals surface area contributed by atoms with Crippen molar-refractivity contribution in [1.29, 1.82) is 0 Å². The van der Waals surface area contributed by atoms with Gasteiger partial charge in [0.25, 0.3) is 5.91 Å². The third kappa shape index (κ3) is 3.80. The molecule has 1 aliphatic rings. The highest BCUT2D eigenvalue weighted by molar-refractivity contribution is 9.10. The van der Waals surface area contributed by atoms with Gasteiger partial charge in [-0.25, -0.2) is 0 Å². The van der Waals surface area contributed by atoms with E-state index in [4.69, 9.17) is 0 Å². The zero-order valence-corrected chi connectivity index (χ0v) is 13.3. The predicted octanol–water partition coefficient (Wildman–Crippen LogP) is 2.97. The highest BCUT2D eigenvalue weighted by atomic mass is 79.9. The van der Waals surface area contributed by atoms with Gasteiger partial charge < -0.3 is 5.32 Å². The van der Waals surface area contributed by atoms with Crippen LogP contribution in [0.25, 0.3) is 0 Å². The Balaban J connectivity index is 1.88. The second kappa shape index (κ2) is 6.06. The standard InChI is InChI=1S/C15H21BrN2O/c1-10-8-12(4-7-14(10)16)15(19)17-9-11(2)18(3)13-5-6-13/h4,7-8,11,13H,5-6,9H2,1-3H3,(H,17,19). The number of aryl methyl sites for hydroxylation is 1. The van der Waals surface area contributed by atoms with Crippen molar-refractivity contribution < 1.29 is 4.79 Å². The van der Waals surface area contributed by atoms with Gasteiger partial charge in [0.15, 0.2) is 0 Å². The zero-order valence-electron chi connectivity index (χ0n) is 11.7. The minimum absolute atomic E-state index is 0.00615. The fraction of sp³-hybridized carbons (Fsp3) is 0.533. The summed E-state index contributed by atoms with van der Waals surface area (Å²) in [4.78, 5) is 14.4. The Morgan fingerprint density at radius 2 is 2.21 bits per heavy atom. The maximum absolute atomic E-state index is 12.1. The Hall–Kier alpha value is -0.870. The topological polar surface area (TPSA) is 32.3 Å². The molecular weight excluding hydrogens is 304 g/mol. The Labute approximate surface area is 123 Å². The highest BCUT2D eigenvalue weighted by Crippen LogP contribution is 2.26. The van der Waals surface area contributed by atoms with Crippen molar-refractivity contribution in [2.75, 3.05) is 13.6 Å². The number of carbonyl (C=O) groups excluding carboxylic acids is 1. The number of nitrogens with zero attached hydrogens (tertiary/aromatic N) is 1. The molecule has 1 aromatic rings. The summed E-state index contributed by atoms with van der Waals surface area (Å²) in [5.74, 6) is 0.00615. The molecular formula is C15H21BrN2O. The van der Waals surface area contributed by atoms with Gasteiger partial charge in [-0.05, 0) is 57.5 Å². The Morgan fingerprint density at radius 3 is 2.79 bits per heavy atom. The van der Waals surface area contributed by atoms with Gasteiger partial charge in [0.2, 0.25) is 0 Å². The van der Waals surface area contributed by atoms with E-state index in [1.165, 1.54) is 12.8 Å². The number of nitrogens with one attached hydrogen (secondary N) is 1. The number of likely N-dealkylation sites (N-methyl/N-ethyl adjacent to an activating group) is 1. The Bertz CT molecular complexity index is 471. The molecule has 0 aromatic heterocycles. The number of hydrogen-bond donors (Lipinski definition) is 1. The van der Waals surface area contributed by atoms with E-state index in [1.54, 1.807) is 0 Å². The zero-order chi connectivity index (χ0) is 14.0. The van der Waals surface area contributed by atoms with Crippen molar-refractivity contribution in [3.05, 3.63) is 33.8 Å². The number of rotatable bonds is 5. The molecule has 3 nitrogen and oxygen atoms in total. The lowest BCUT2D eigenvalue weighted by molar-refractivity contribution is 0.0939. The van der Waals surface area contributed by atoms with E-state index < -0.39 is 0 Å². The van der Waals surface area contributed by atoms with Gasteiger partial charge in [-0.1, -0.05) is 15.9 Å². The van der Waals surface area contributed by atoms with Crippen LogP contribution in [-0.4, -0.2) is 36.5 Å². The molecule has 1 fully saturated rings. The molecule has 1 amide bonds. The fourth-order valence-electron chi connectivity index (χ4n) is 2.11. The molecule has 19 heavy (non-hydrogen) atoms. The minimum Gasteiger partial charge on any atom is -0.350 e. The van der Waals surface area contributed by atoms with Crippen molar-refractivity contribution >= 4 is 21.8 Å². The quantitative estimate of drug-likeness (QED) is 0.903. The molecule has 0 aliphatic heterocycles. The second-order valence-electron chi connectivity index (χ2n) is 5.42. The fourth-order valence-corrected chi connectivity index (χ4v) is 2.36. The first-order valence-corrected chi connectivity index (χ1v) is 7.54. The molecule has 2 rings (SSSR count). The molecule has 1 atom stereocenters. The lowest BCUT2D eigenvalue weighted by Gasteiger charge is -2.24. The molecule has 104 valence electrons. The summed E-state index contributed by atoms with van der Waals surface area (Å²) in [6.45, 7) is 4.84. The molecule has 1 aromatic carbocycles. The SMILES string of the molecule is Cc1cc(C(=O)NCC(C)N(C)C2CC2)ccc1Br. The van der Waals surface area contributed by atoms with Crippen LogP contribution < -0.4 is 5.32 Å². The molecule has 0 saturated heterocycles. The summed E-state index contributed by atoms with van der Waals surface area (Å²) < 4.78 is 1.03. The van der Waals surface area contributed by atoms with Crippen LogP contribution in [0.2, 0.25) is 0 Å². The van der Waals surface area contributed by atoms with Crippen LogP contribution in [0.3, 0.4) is 0 Å². The number of carbonyl (C=O) groups is 1. The van der Waals surface area contributed by atoms with E-state index in [0.717, 1.165) is 21.6 Å². The summed E-state index contributed by atoms with van der Waals surface area (Å²) in [7, 11) is 2.14. The summed E-state index contributed by atoms with van der Waals surface area (Å²) in [6.07, 6.45) is 2.58. The lowest BCUT2D eigenvalue weighted by Crippen LogP contribution is -2.41. The van der Waals surface area contributed by atoms with Crippen LogP contribution in [0.4, 0.5) is 0 Å². The maximum Gasteiger partial charge on any atom is 0.251 e. The van der Waals surface area contributed by atoms with Crippen molar-refractivity contribution in [2.24, 2.45) is 0 Å². The van der Waals surface area contributed by atoms with Gasteiger partial charge in [0.05, 0.1) is 0 Å². The molecule has 1 N–H and O–H groups in total. The smallest absolute Gasteiger partial charge is 0.251 e. The molecule has 0 spiro atoms. The van der Waals surface area contributed by atoms with Crippen LogP contribution in [-0.2, 0) is 0 Å². The van der Waals surface area contributed by atoms with E-state index in [2.05, 4.69) is 40.1 Å². The molecule has 0 bridgehead atoms. The van der Waals surface area contributed by atoms with E-state index in [0.29, 0.717) is 12.6 Å². The molecule has 1 saturated carbocycles. The highest BCUT2D eigenvalue weighted by Gasteiger charge is 2.29. The van der Waals surface area contributed by atoms with Gasteiger partial charge in [-0.2, -0.15) is 0 Å². The van der Waals surface area contributed by atoms with Crippen LogP contribution in [0.1, 0.15) is 35.7 Å². The van der Waals surface area contributed by atoms with E-state index in [-0.39, 0.29) is 5.91 Å². The van der Waals surface area contributed by atoms with E-state index in [1.807, 2.05) is 25.1 Å². The third-order valence-electron chi connectivity index (χ3n) is 3.80. The second-order valence-corrected chi connectivity index (χ2v) is 6.27. The first kappa shape index (κ1) is 14.5. The van der Waals surface area contributed by atoms with E-state index in [9.17, 15) is 4.79 Å². The van der Waals surface area contributed by atoms with Gasteiger partial charge in [-0.3, -0.25) is 9.69 Å². The minimum atomic E-state index is 0.00615. The maximum atomic E-state index is 12.1. The third-order valence-corrected chi connectivity index (χ3v) is 4.69. The largest absolute Gasteiger partial charge is 0.350 e. The van der Waals surface area contributed by atoms with Crippen molar-refractivity contribution in [2.45, 2.75) is 38.8 Å². The summed E-state index contributed by atoms with van der Waals surface area (Å²) in [6, 6.07) is 6.79. The predicted molar refractivity (Wildman–Crippen MR) is 81.5 cm³/mol. The Kier molecular flexibility index (Phi) is 4.63. The van der Waals surface area contributed by atoms with Crippen molar-refractivity contribution in [3.63, 3.8) is 0 Å². The molecule has 0 radical (unpaired) electrons. The van der Waals surface area contributed by atoms with Gasteiger partial charge in [0.1, 0.15) is 0 Å². The molecule has 1 unspecified atom stereocenters. The number of hydrogen-bond acceptors (Lipinski definition) is 2. The number of amides is 1. The van der Waals surface area contributed by atoms with Crippen LogP contribution >= 0.6 is 15.9 Å². The first-order valence-electron chi connectivity index (χ1n) is 6.75. The van der Waals surface area contributed by atoms with E-state index >= 15 is 0 Å². The summed E-state index contributed by atoms with van der Waals surface area (Å²) >= 11 is 3.44. The molecule has 0 heterocycles. The lowest BCUT2D eigenvalue weighted by atomic mass is 10.1. The average molecular weight is 325 g/mol. The average Bonchev–Trinajstić information content (AvgIpc) is 3.22. The van der Waals surface area contributed by atoms with Crippen LogP contribution in [0, 0.1) is 6.92 Å². The van der Waals surface area contributed by atoms with Crippen LogP contribution in [0.5, 0.6) is 0 Å².